The minimum atomic E-state index is 0.115. The average molecular weight is 519 g/mol. The monoisotopic (exact) mass is 518 g/mol. The molecule has 0 bridgehead atoms. The third-order valence-corrected chi connectivity index (χ3v) is 8.38. The fourth-order valence-electron chi connectivity index (χ4n) is 5.17. The number of nitrogens with zero attached hydrogens (tertiary/aromatic N) is 7. The van der Waals surface area contributed by atoms with Crippen LogP contribution < -0.4 is 16.4 Å². The number of thiophene rings is 1. The van der Waals surface area contributed by atoms with E-state index in [1.165, 1.54) is 11.0 Å². The minimum Gasteiger partial charge on any atom is -0.368 e. The molecule has 12 heteroatoms. The lowest BCUT2D eigenvalue weighted by Crippen LogP contribution is -2.45. The van der Waals surface area contributed by atoms with E-state index < -0.39 is 0 Å². The van der Waals surface area contributed by atoms with Crippen molar-refractivity contribution < 1.29 is 4.79 Å². The van der Waals surface area contributed by atoms with E-state index in [1.807, 2.05) is 12.3 Å². The van der Waals surface area contributed by atoms with Gasteiger partial charge in [-0.15, -0.1) is 16.4 Å². The summed E-state index contributed by atoms with van der Waals surface area (Å²) in [6, 6.07) is 2.19. The van der Waals surface area contributed by atoms with Crippen LogP contribution in [0.5, 0.6) is 0 Å². The number of nitrogen functional groups attached to an aromatic ring is 1. The quantitative estimate of drug-likeness (QED) is 0.364. The summed E-state index contributed by atoms with van der Waals surface area (Å²) in [5.74, 6) is 1.50. The molecule has 4 aromatic heterocycles. The Hall–Kier alpha value is -3.64. The second-order valence-electron chi connectivity index (χ2n) is 9.98. The normalized spacial score (nSPS) is 18.6. The molecule has 0 radical (unpaired) electrons. The Morgan fingerprint density at radius 3 is 2.86 bits per heavy atom. The fraction of sp³-hybridized carbons (Fsp3) is 0.440. The minimum absolute atomic E-state index is 0.115. The molecule has 4 aromatic rings. The van der Waals surface area contributed by atoms with Crippen LogP contribution >= 0.6 is 11.3 Å². The van der Waals surface area contributed by atoms with E-state index in [1.54, 1.807) is 17.5 Å². The predicted octanol–water partition coefficient (Wildman–Crippen LogP) is 2.62. The van der Waals surface area contributed by atoms with Crippen molar-refractivity contribution in [1.29, 1.82) is 0 Å². The van der Waals surface area contributed by atoms with E-state index in [0.717, 1.165) is 77.9 Å². The summed E-state index contributed by atoms with van der Waals surface area (Å²) in [7, 11) is 2.11. The molecule has 0 saturated carbocycles. The third-order valence-electron chi connectivity index (χ3n) is 7.29. The van der Waals surface area contributed by atoms with Gasteiger partial charge >= 0.3 is 0 Å². The van der Waals surface area contributed by atoms with Gasteiger partial charge in [0, 0.05) is 17.7 Å². The molecule has 2 aliphatic rings. The van der Waals surface area contributed by atoms with Crippen molar-refractivity contribution in [1.82, 2.24) is 39.9 Å². The van der Waals surface area contributed by atoms with Crippen LogP contribution in [0.1, 0.15) is 36.1 Å². The lowest BCUT2D eigenvalue weighted by atomic mass is 9.90. The molecule has 11 nitrogen and oxygen atoms in total. The number of nitrogens with one attached hydrogen (secondary N) is 2. The molecule has 0 aromatic carbocycles. The molecule has 1 atom stereocenters. The summed E-state index contributed by atoms with van der Waals surface area (Å²) in [4.78, 5) is 32.9. The van der Waals surface area contributed by atoms with Crippen molar-refractivity contribution in [2.45, 2.75) is 45.1 Å². The van der Waals surface area contributed by atoms with E-state index in [9.17, 15) is 4.79 Å². The number of pyridine rings is 1. The number of aryl methyl sites for hydroxylation is 2. The molecule has 192 valence electrons. The van der Waals surface area contributed by atoms with Crippen molar-refractivity contribution in [3.8, 4) is 5.82 Å². The first-order valence-electron chi connectivity index (χ1n) is 12.6. The van der Waals surface area contributed by atoms with Gasteiger partial charge in [0.15, 0.2) is 5.82 Å². The zero-order valence-electron chi connectivity index (χ0n) is 20.9. The van der Waals surface area contributed by atoms with Crippen molar-refractivity contribution in [2.75, 3.05) is 31.2 Å². The number of fused-ring (bicyclic) bond motifs is 2. The fourth-order valence-corrected chi connectivity index (χ4v) is 6.15. The maximum Gasteiger partial charge on any atom is 0.248 e. The molecular formula is C25H30N10OS. The van der Waals surface area contributed by atoms with Gasteiger partial charge in [-0.2, -0.15) is 9.67 Å². The van der Waals surface area contributed by atoms with Crippen LogP contribution in [0.4, 0.5) is 17.6 Å². The Kier molecular flexibility index (Phi) is 6.21. The van der Waals surface area contributed by atoms with Crippen LogP contribution in [0.2, 0.25) is 0 Å². The smallest absolute Gasteiger partial charge is 0.248 e. The first kappa shape index (κ1) is 23.7. The molecule has 1 aliphatic heterocycles. The van der Waals surface area contributed by atoms with E-state index >= 15 is 0 Å². The number of hydrogen-bond donors (Lipinski definition) is 3. The predicted molar refractivity (Wildman–Crippen MR) is 143 cm³/mol. The molecule has 1 aliphatic carbocycles. The lowest BCUT2D eigenvalue weighted by Gasteiger charge is -2.31. The first-order valence-corrected chi connectivity index (χ1v) is 13.5. The molecule has 1 fully saturated rings. The summed E-state index contributed by atoms with van der Waals surface area (Å²) in [5, 5.41) is 13.1. The highest BCUT2D eigenvalue weighted by Crippen LogP contribution is 2.29. The summed E-state index contributed by atoms with van der Waals surface area (Å²) >= 11 is 1.55. The van der Waals surface area contributed by atoms with Crippen LogP contribution in [0, 0.1) is 12.8 Å². The number of rotatable bonds is 5. The molecule has 6 rings (SSSR count). The second kappa shape index (κ2) is 9.67. The number of piperidine rings is 1. The summed E-state index contributed by atoms with van der Waals surface area (Å²) in [5.41, 5.74) is 11.2. The molecule has 1 saturated heterocycles. The van der Waals surface area contributed by atoms with E-state index in [-0.39, 0.29) is 23.8 Å². The number of aromatic nitrogens is 6. The number of amides is 1. The molecule has 5 heterocycles. The second-order valence-corrected chi connectivity index (χ2v) is 10.9. The van der Waals surface area contributed by atoms with Gasteiger partial charge in [0.25, 0.3) is 0 Å². The maximum atomic E-state index is 12.8. The highest BCUT2D eigenvalue weighted by molar-refractivity contribution is 7.17. The molecule has 4 N–H and O–H groups in total. The number of anilines is 3. The molecule has 1 unspecified atom stereocenters. The number of likely N-dealkylation sites (tertiary alicyclic amines) is 1. The standard InChI is InChI=1S/C25H30N10OS/c1-14-12-37-21-20(14)28-13-29-22(21)35-24(26)32-25(33-35)31-18-10-16-9-17(3-4-19(16)27-11-18)30-23(36)15-5-7-34(2)8-6-15/h10-13,15,17H,3-9H2,1-2H3,(H,30,36)(H3,26,31,32,33). The summed E-state index contributed by atoms with van der Waals surface area (Å²) in [6.07, 6.45) is 7.67. The molecule has 1 amide bonds. The number of carbonyl (C=O) groups is 1. The van der Waals surface area contributed by atoms with Crippen molar-refractivity contribution in [3.05, 3.63) is 40.8 Å². The topological polar surface area (TPSA) is 140 Å². The number of nitrogens with two attached hydrogens (primary N) is 1. The van der Waals surface area contributed by atoms with E-state index in [4.69, 9.17) is 5.73 Å². The summed E-state index contributed by atoms with van der Waals surface area (Å²) in [6.45, 7) is 3.98. The molecular weight excluding hydrogens is 488 g/mol. The van der Waals surface area contributed by atoms with Gasteiger partial charge in [0.05, 0.1) is 22.1 Å². The van der Waals surface area contributed by atoms with Gasteiger partial charge in [-0.05, 0) is 81.7 Å². The zero-order valence-corrected chi connectivity index (χ0v) is 21.8. The van der Waals surface area contributed by atoms with Gasteiger partial charge in [-0.3, -0.25) is 9.78 Å². The van der Waals surface area contributed by atoms with Gasteiger partial charge in [0.1, 0.15) is 6.33 Å². The third kappa shape index (κ3) is 4.74. The Bertz CT molecular complexity index is 1460. The molecule has 0 spiro atoms. The largest absolute Gasteiger partial charge is 0.368 e. The van der Waals surface area contributed by atoms with Crippen LogP contribution in [0.15, 0.2) is 24.0 Å². The van der Waals surface area contributed by atoms with Gasteiger partial charge in [0.2, 0.25) is 17.8 Å². The van der Waals surface area contributed by atoms with Gasteiger partial charge in [-0.1, -0.05) is 0 Å². The molecule has 37 heavy (non-hydrogen) atoms. The Balaban J connectivity index is 1.16. The maximum absolute atomic E-state index is 12.8. The highest BCUT2D eigenvalue weighted by atomic mass is 32.1. The van der Waals surface area contributed by atoms with Crippen LogP contribution in [-0.4, -0.2) is 66.7 Å². The zero-order chi connectivity index (χ0) is 25.5. The summed E-state index contributed by atoms with van der Waals surface area (Å²) < 4.78 is 2.44. The van der Waals surface area contributed by atoms with Crippen molar-refractivity contribution in [3.63, 3.8) is 0 Å². The Morgan fingerprint density at radius 2 is 2.03 bits per heavy atom. The van der Waals surface area contributed by atoms with Gasteiger partial charge in [-0.25, -0.2) is 9.97 Å². The lowest BCUT2D eigenvalue weighted by molar-refractivity contribution is -0.127. The number of hydrogen-bond acceptors (Lipinski definition) is 10. The van der Waals surface area contributed by atoms with Crippen molar-refractivity contribution >= 4 is 45.0 Å². The van der Waals surface area contributed by atoms with E-state index in [0.29, 0.717) is 11.8 Å². The van der Waals surface area contributed by atoms with Crippen LogP contribution in [-0.2, 0) is 17.6 Å². The Labute approximate surface area is 218 Å². The Morgan fingerprint density at radius 1 is 1.19 bits per heavy atom. The van der Waals surface area contributed by atoms with Crippen molar-refractivity contribution in [2.24, 2.45) is 5.92 Å². The first-order chi connectivity index (χ1) is 17.9. The average Bonchev–Trinajstić information content (AvgIpc) is 3.46. The van der Waals surface area contributed by atoms with E-state index in [2.05, 4.69) is 53.7 Å². The van der Waals surface area contributed by atoms with Crippen LogP contribution in [0.3, 0.4) is 0 Å². The SMILES string of the molecule is Cc1csc2c(-n3nc(Nc4cnc5c(c4)CC(NC(=O)C4CCN(C)CC4)CC5)nc3N)ncnc12. The van der Waals surface area contributed by atoms with Crippen LogP contribution in [0.25, 0.3) is 16.0 Å². The van der Waals surface area contributed by atoms with Gasteiger partial charge < -0.3 is 21.3 Å². The number of carbonyl (C=O) groups excluding carboxylic acids is 1. The highest BCUT2D eigenvalue weighted by Gasteiger charge is 2.27.